The molecule has 0 saturated carbocycles. The van der Waals surface area contributed by atoms with Gasteiger partial charge in [-0.1, -0.05) is 23.7 Å². The van der Waals surface area contributed by atoms with Crippen LogP contribution in [0.5, 0.6) is 0 Å². The lowest BCUT2D eigenvalue weighted by molar-refractivity contribution is -0.385. The lowest BCUT2D eigenvalue weighted by atomic mass is 10.2. The van der Waals surface area contributed by atoms with Gasteiger partial charge in [0.25, 0.3) is 5.69 Å². The van der Waals surface area contributed by atoms with Crippen LogP contribution in [0.2, 0.25) is 5.02 Å². The molecule has 0 aromatic heterocycles. The van der Waals surface area contributed by atoms with E-state index in [0.29, 0.717) is 11.3 Å². The number of rotatable bonds is 3. The van der Waals surface area contributed by atoms with Gasteiger partial charge in [-0.3, -0.25) is 15.1 Å². The first-order valence-corrected chi connectivity index (χ1v) is 5.68. The largest absolute Gasteiger partial charge is 0.278 e. The Kier molecular flexibility index (Phi) is 3.87. The number of hydrogen-bond acceptors (Lipinski definition) is 3. The first-order valence-electron chi connectivity index (χ1n) is 5.30. The molecule has 4 nitrogen and oxygen atoms in total. The summed E-state index contributed by atoms with van der Waals surface area (Å²) in [5.41, 5.74) is 0.747. The summed E-state index contributed by atoms with van der Waals surface area (Å²) < 4.78 is 13.0. The van der Waals surface area contributed by atoms with Crippen LogP contribution in [0.4, 0.5) is 15.8 Å². The third-order valence-electron chi connectivity index (χ3n) is 2.39. The Balaban J connectivity index is 2.32. The standard InChI is InChI=1S/C13H8ClFN2O2/c14-11-7-10(5-6-12(11)15)16-8-9-3-1-2-4-13(9)17(18)19/h1-8H. The van der Waals surface area contributed by atoms with Gasteiger partial charge >= 0.3 is 0 Å². The highest BCUT2D eigenvalue weighted by molar-refractivity contribution is 6.31. The normalized spacial score (nSPS) is 10.8. The third-order valence-corrected chi connectivity index (χ3v) is 2.68. The SMILES string of the molecule is O=[N+]([O-])c1ccccc1C=Nc1ccc(F)c(Cl)c1. The van der Waals surface area contributed by atoms with Gasteiger partial charge in [0.1, 0.15) is 5.82 Å². The second kappa shape index (κ2) is 5.58. The van der Waals surface area contributed by atoms with E-state index in [4.69, 9.17) is 11.6 Å². The van der Waals surface area contributed by atoms with Crippen molar-refractivity contribution in [2.75, 3.05) is 0 Å². The van der Waals surface area contributed by atoms with Crippen LogP contribution >= 0.6 is 11.6 Å². The van der Waals surface area contributed by atoms with Crippen molar-refractivity contribution in [2.45, 2.75) is 0 Å². The average Bonchev–Trinajstić information content (AvgIpc) is 2.40. The van der Waals surface area contributed by atoms with Gasteiger partial charge < -0.3 is 0 Å². The summed E-state index contributed by atoms with van der Waals surface area (Å²) in [7, 11) is 0. The summed E-state index contributed by atoms with van der Waals surface area (Å²) in [6, 6.07) is 10.2. The molecular formula is C13H8ClFN2O2. The quantitative estimate of drug-likeness (QED) is 0.481. The Morgan fingerprint density at radius 2 is 2.00 bits per heavy atom. The molecule has 0 amide bonds. The summed E-state index contributed by atoms with van der Waals surface area (Å²) in [6.07, 6.45) is 1.35. The van der Waals surface area contributed by atoms with E-state index in [2.05, 4.69) is 4.99 Å². The van der Waals surface area contributed by atoms with E-state index in [1.54, 1.807) is 18.2 Å². The summed E-state index contributed by atoms with van der Waals surface area (Å²) in [5, 5.41) is 10.8. The van der Waals surface area contributed by atoms with Crippen LogP contribution in [0, 0.1) is 15.9 Å². The highest BCUT2D eigenvalue weighted by Gasteiger charge is 2.09. The van der Waals surface area contributed by atoms with Crippen LogP contribution < -0.4 is 0 Å². The molecule has 0 aliphatic rings. The van der Waals surface area contributed by atoms with Crippen LogP contribution in [-0.4, -0.2) is 11.1 Å². The minimum absolute atomic E-state index is 0.0422. The van der Waals surface area contributed by atoms with Crippen molar-refractivity contribution in [2.24, 2.45) is 4.99 Å². The van der Waals surface area contributed by atoms with Gasteiger partial charge in [0.05, 0.1) is 21.2 Å². The molecule has 0 fully saturated rings. The number of nitrogens with zero attached hydrogens (tertiary/aromatic N) is 2. The number of halogens is 2. The second-order valence-corrected chi connectivity index (χ2v) is 4.08. The van der Waals surface area contributed by atoms with Crippen LogP contribution in [0.15, 0.2) is 47.5 Å². The molecule has 2 aromatic rings. The van der Waals surface area contributed by atoms with Gasteiger partial charge in [-0.15, -0.1) is 0 Å². The molecule has 2 rings (SSSR count). The maximum absolute atomic E-state index is 13.0. The Morgan fingerprint density at radius 1 is 1.26 bits per heavy atom. The zero-order valence-corrected chi connectivity index (χ0v) is 10.3. The van der Waals surface area contributed by atoms with E-state index >= 15 is 0 Å². The van der Waals surface area contributed by atoms with Gasteiger partial charge in [0, 0.05) is 12.3 Å². The van der Waals surface area contributed by atoms with Crippen LogP contribution in [0.3, 0.4) is 0 Å². The Labute approximate surface area is 113 Å². The van der Waals surface area contributed by atoms with Crippen molar-refractivity contribution in [3.05, 3.63) is 69.0 Å². The predicted octanol–water partition coefficient (Wildman–Crippen LogP) is 4.14. The minimum atomic E-state index is -0.536. The molecule has 96 valence electrons. The summed E-state index contributed by atoms with van der Waals surface area (Å²) in [4.78, 5) is 14.4. The molecular weight excluding hydrogens is 271 g/mol. The van der Waals surface area contributed by atoms with E-state index in [0.717, 1.165) is 0 Å². The second-order valence-electron chi connectivity index (χ2n) is 3.67. The Hall–Kier alpha value is -2.27. The number of para-hydroxylation sites is 1. The third kappa shape index (κ3) is 3.14. The van der Waals surface area contributed by atoms with E-state index in [9.17, 15) is 14.5 Å². The molecule has 0 aliphatic heterocycles. The number of nitro groups is 1. The van der Waals surface area contributed by atoms with Gasteiger partial charge in [-0.25, -0.2) is 4.39 Å². The predicted molar refractivity (Wildman–Crippen MR) is 71.8 cm³/mol. The van der Waals surface area contributed by atoms with Crippen molar-refractivity contribution >= 4 is 29.2 Å². The zero-order chi connectivity index (χ0) is 13.8. The number of benzene rings is 2. The smallest absolute Gasteiger partial charge is 0.258 e. The Morgan fingerprint density at radius 3 is 2.68 bits per heavy atom. The summed E-state index contributed by atoms with van der Waals surface area (Å²) >= 11 is 5.62. The maximum Gasteiger partial charge on any atom is 0.278 e. The monoisotopic (exact) mass is 278 g/mol. The van der Waals surface area contributed by atoms with Crippen molar-refractivity contribution in [1.29, 1.82) is 0 Å². The molecule has 0 aliphatic carbocycles. The van der Waals surface area contributed by atoms with Gasteiger partial charge in [-0.2, -0.15) is 0 Å². The fourth-order valence-corrected chi connectivity index (χ4v) is 1.65. The van der Waals surface area contributed by atoms with Gasteiger partial charge in [0.2, 0.25) is 0 Å². The van der Waals surface area contributed by atoms with Gasteiger partial charge in [0.15, 0.2) is 0 Å². The van der Waals surface area contributed by atoms with Gasteiger partial charge in [-0.05, 0) is 24.3 Å². The maximum atomic E-state index is 13.0. The molecule has 6 heteroatoms. The van der Waals surface area contributed by atoms with E-state index < -0.39 is 10.7 Å². The number of nitro benzene ring substituents is 1. The van der Waals surface area contributed by atoms with E-state index in [1.807, 2.05) is 0 Å². The van der Waals surface area contributed by atoms with Crippen molar-refractivity contribution in [3.63, 3.8) is 0 Å². The summed E-state index contributed by atoms with van der Waals surface area (Å²) in [5.74, 6) is -0.536. The lowest BCUT2D eigenvalue weighted by Crippen LogP contribution is -1.93. The van der Waals surface area contributed by atoms with Crippen LogP contribution in [0.1, 0.15) is 5.56 Å². The molecule has 19 heavy (non-hydrogen) atoms. The average molecular weight is 279 g/mol. The number of aliphatic imine (C=N–C) groups is 1. The highest BCUT2D eigenvalue weighted by Crippen LogP contribution is 2.22. The molecule has 2 aromatic carbocycles. The Bertz CT molecular complexity index is 659. The molecule has 0 spiro atoms. The molecule has 0 heterocycles. The zero-order valence-electron chi connectivity index (χ0n) is 9.59. The lowest BCUT2D eigenvalue weighted by Gasteiger charge is -1.98. The highest BCUT2D eigenvalue weighted by atomic mass is 35.5. The topological polar surface area (TPSA) is 55.5 Å². The minimum Gasteiger partial charge on any atom is -0.258 e. The van der Waals surface area contributed by atoms with Crippen molar-refractivity contribution < 1.29 is 9.31 Å². The van der Waals surface area contributed by atoms with Crippen LogP contribution in [0.25, 0.3) is 0 Å². The molecule has 0 saturated heterocycles. The van der Waals surface area contributed by atoms with Crippen molar-refractivity contribution in [3.8, 4) is 0 Å². The molecule has 0 radical (unpaired) electrons. The first-order chi connectivity index (χ1) is 9.08. The first kappa shape index (κ1) is 13.2. The van der Waals surface area contributed by atoms with Crippen molar-refractivity contribution in [1.82, 2.24) is 0 Å². The molecule has 0 bridgehead atoms. The number of hydrogen-bond donors (Lipinski definition) is 0. The molecule has 0 N–H and O–H groups in total. The molecule has 0 unspecified atom stereocenters. The van der Waals surface area contributed by atoms with E-state index in [1.165, 1.54) is 30.5 Å². The van der Waals surface area contributed by atoms with Crippen LogP contribution in [-0.2, 0) is 0 Å². The fraction of sp³-hybridized carbons (Fsp3) is 0. The molecule has 0 atom stereocenters. The fourth-order valence-electron chi connectivity index (χ4n) is 1.47. The summed E-state index contributed by atoms with van der Waals surface area (Å²) in [6.45, 7) is 0. The van der Waals surface area contributed by atoms with E-state index in [-0.39, 0.29) is 10.7 Å².